The number of nitrogens with zero attached hydrogens (tertiary/aromatic N) is 1. The highest BCUT2D eigenvalue weighted by atomic mass is 16.7. The summed E-state index contributed by atoms with van der Waals surface area (Å²) < 4.78 is 17.7. The van der Waals surface area contributed by atoms with Gasteiger partial charge in [0.2, 0.25) is 0 Å². The molecule has 142 valence electrons. The zero-order valence-corrected chi connectivity index (χ0v) is 16.2. The molecule has 2 aliphatic rings. The molecule has 2 aromatic carbocycles. The van der Waals surface area contributed by atoms with Crippen LogP contribution < -0.4 is 9.64 Å². The number of ether oxygens (including phenoxy) is 3. The number of hydrogen-bond acceptors (Lipinski definition) is 4. The summed E-state index contributed by atoms with van der Waals surface area (Å²) in [4.78, 5) is 15.2. The van der Waals surface area contributed by atoms with Crippen LogP contribution in [-0.4, -0.2) is 25.2 Å². The predicted octanol–water partition coefficient (Wildman–Crippen LogP) is 3.84. The summed E-state index contributed by atoms with van der Waals surface area (Å²) in [6.45, 7) is 9.28. The molecule has 1 fully saturated rings. The summed E-state index contributed by atoms with van der Waals surface area (Å²) in [5, 5.41) is 0. The van der Waals surface area contributed by atoms with Crippen molar-refractivity contribution < 1.29 is 19.0 Å². The fourth-order valence-electron chi connectivity index (χ4n) is 3.98. The number of hydrogen-bond donors (Lipinski definition) is 0. The van der Waals surface area contributed by atoms with E-state index in [9.17, 15) is 4.79 Å². The average molecular weight is 367 g/mol. The van der Waals surface area contributed by atoms with Gasteiger partial charge < -0.3 is 19.1 Å². The molecule has 0 aliphatic carbocycles. The molecule has 1 spiro atoms. The first-order chi connectivity index (χ1) is 12.9. The highest BCUT2D eigenvalue weighted by Gasteiger charge is 2.56. The third kappa shape index (κ3) is 2.91. The summed E-state index contributed by atoms with van der Waals surface area (Å²) in [6.07, 6.45) is 0.0601. The van der Waals surface area contributed by atoms with Gasteiger partial charge in [-0.1, -0.05) is 29.8 Å². The molecular formula is C22H25NO4. The molecule has 0 unspecified atom stereocenters. The standard InChI is InChI=1S/C22H25NO4/c1-14(2)27-19-8-6-5-7-17(19)13-23-20-16(4)11-15(3)12-18(20)22(21(23)24)25-9-10-26-22/h5-8,11-12,14H,9-10,13H2,1-4H3. The van der Waals surface area contributed by atoms with E-state index in [1.807, 2.05) is 58.0 Å². The minimum Gasteiger partial charge on any atom is -0.491 e. The zero-order valence-electron chi connectivity index (χ0n) is 16.2. The number of anilines is 1. The van der Waals surface area contributed by atoms with E-state index < -0.39 is 5.79 Å². The van der Waals surface area contributed by atoms with Gasteiger partial charge in [-0.05, 0) is 45.4 Å². The highest BCUT2D eigenvalue weighted by Crippen LogP contribution is 2.48. The quantitative estimate of drug-likeness (QED) is 0.824. The van der Waals surface area contributed by atoms with Gasteiger partial charge in [0, 0.05) is 11.1 Å². The van der Waals surface area contributed by atoms with Crippen molar-refractivity contribution in [1.29, 1.82) is 0 Å². The van der Waals surface area contributed by atoms with E-state index in [2.05, 4.69) is 6.07 Å². The summed E-state index contributed by atoms with van der Waals surface area (Å²) in [5.74, 6) is -0.677. The molecular weight excluding hydrogens is 342 g/mol. The van der Waals surface area contributed by atoms with Crippen LogP contribution in [0.4, 0.5) is 5.69 Å². The van der Waals surface area contributed by atoms with Crippen molar-refractivity contribution in [1.82, 2.24) is 0 Å². The SMILES string of the molecule is Cc1cc(C)c2c(c1)C1(OCCO1)C(=O)N2Cc1ccccc1OC(C)C. The molecule has 4 rings (SSSR count). The Kier molecular flexibility index (Phi) is 4.44. The molecule has 2 aliphatic heterocycles. The van der Waals surface area contributed by atoms with Crippen molar-refractivity contribution in [3.8, 4) is 5.75 Å². The molecule has 0 atom stereocenters. The van der Waals surface area contributed by atoms with E-state index in [0.29, 0.717) is 19.8 Å². The van der Waals surface area contributed by atoms with Gasteiger partial charge in [-0.3, -0.25) is 4.79 Å². The van der Waals surface area contributed by atoms with E-state index in [-0.39, 0.29) is 12.0 Å². The van der Waals surface area contributed by atoms with Gasteiger partial charge in [0.05, 0.1) is 31.5 Å². The van der Waals surface area contributed by atoms with Gasteiger partial charge in [-0.15, -0.1) is 0 Å². The Hall–Kier alpha value is -2.37. The molecule has 0 N–H and O–H groups in total. The van der Waals surface area contributed by atoms with E-state index in [1.165, 1.54) is 0 Å². The van der Waals surface area contributed by atoms with Crippen LogP contribution >= 0.6 is 0 Å². The number of carbonyl (C=O) groups excluding carboxylic acids is 1. The maximum absolute atomic E-state index is 13.4. The molecule has 0 radical (unpaired) electrons. The fraction of sp³-hybridized carbons (Fsp3) is 0.409. The summed E-state index contributed by atoms with van der Waals surface area (Å²) in [7, 11) is 0. The Balaban J connectivity index is 1.78. The second-order valence-corrected chi connectivity index (χ2v) is 7.46. The molecule has 2 aromatic rings. The lowest BCUT2D eigenvalue weighted by Gasteiger charge is -2.23. The maximum Gasteiger partial charge on any atom is 0.292 e. The van der Waals surface area contributed by atoms with Crippen LogP contribution in [0, 0.1) is 13.8 Å². The largest absolute Gasteiger partial charge is 0.491 e. The normalized spacial score (nSPS) is 17.8. The number of amides is 1. The topological polar surface area (TPSA) is 48.0 Å². The number of carbonyl (C=O) groups is 1. The van der Waals surface area contributed by atoms with Crippen molar-refractivity contribution >= 4 is 11.6 Å². The number of fused-ring (bicyclic) bond motifs is 2. The summed E-state index contributed by atoms with van der Waals surface area (Å²) in [6, 6.07) is 11.9. The van der Waals surface area contributed by atoms with Crippen LogP contribution in [0.25, 0.3) is 0 Å². The number of aryl methyl sites for hydroxylation is 2. The van der Waals surface area contributed by atoms with Crippen LogP contribution in [0.2, 0.25) is 0 Å². The molecule has 27 heavy (non-hydrogen) atoms. The molecule has 0 aromatic heterocycles. The third-order valence-corrected chi connectivity index (χ3v) is 4.95. The minimum atomic E-state index is -1.31. The monoisotopic (exact) mass is 367 g/mol. The maximum atomic E-state index is 13.4. The Morgan fingerprint density at radius 3 is 2.56 bits per heavy atom. The molecule has 1 saturated heterocycles. The Morgan fingerprint density at radius 2 is 1.85 bits per heavy atom. The van der Waals surface area contributed by atoms with Gasteiger partial charge in [-0.25, -0.2) is 0 Å². The van der Waals surface area contributed by atoms with Gasteiger partial charge >= 0.3 is 0 Å². The van der Waals surface area contributed by atoms with Crippen LogP contribution in [0.1, 0.15) is 36.1 Å². The molecule has 0 bridgehead atoms. The van der Waals surface area contributed by atoms with Crippen LogP contribution in [0.3, 0.4) is 0 Å². The third-order valence-electron chi connectivity index (χ3n) is 4.95. The Labute approximate surface area is 159 Å². The Bertz CT molecular complexity index is 884. The lowest BCUT2D eigenvalue weighted by molar-refractivity contribution is -0.180. The summed E-state index contributed by atoms with van der Waals surface area (Å²) in [5.41, 5.74) is 4.77. The minimum absolute atomic E-state index is 0.0601. The van der Waals surface area contributed by atoms with Gasteiger partial charge in [0.1, 0.15) is 5.75 Å². The second-order valence-electron chi connectivity index (χ2n) is 7.46. The number of rotatable bonds is 4. The smallest absolute Gasteiger partial charge is 0.292 e. The van der Waals surface area contributed by atoms with Crippen molar-refractivity contribution in [2.45, 2.75) is 46.1 Å². The van der Waals surface area contributed by atoms with Crippen molar-refractivity contribution in [3.63, 3.8) is 0 Å². The van der Waals surface area contributed by atoms with Crippen LogP contribution in [0.15, 0.2) is 36.4 Å². The number of para-hydroxylation sites is 1. The van der Waals surface area contributed by atoms with Crippen LogP contribution in [0.5, 0.6) is 5.75 Å². The van der Waals surface area contributed by atoms with Crippen molar-refractivity contribution in [2.24, 2.45) is 0 Å². The van der Waals surface area contributed by atoms with Gasteiger partial charge in [-0.2, -0.15) is 0 Å². The van der Waals surface area contributed by atoms with Gasteiger partial charge in [0.25, 0.3) is 11.7 Å². The van der Waals surface area contributed by atoms with Crippen molar-refractivity contribution in [2.75, 3.05) is 18.1 Å². The summed E-state index contributed by atoms with van der Waals surface area (Å²) >= 11 is 0. The van der Waals surface area contributed by atoms with E-state index >= 15 is 0 Å². The zero-order chi connectivity index (χ0) is 19.2. The predicted molar refractivity (Wildman–Crippen MR) is 103 cm³/mol. The van der Waals surface area contributed by atoms with E-state index in [1.54, 1.807) is 4.90 Å². The first-order valence-corrected chi connectivity index (χ1v) is 9.38. The van der Waals surface area contributed by atoms with E-state index in [0.717, 1.165) is 33.7 Å². The average Bonchev–Trinajstić information content (AvgIpc) is 3.18. The highest BCUT2D eigenvalue weighted by molar-refractivity contribution is 6.07. The number of benzene rings is 2. The van der Waals surface area contributed by atoms with Gasteiger partial charge in [0.15, 0.2) is 0 Å². The lowest BCUT2D eigenvalue weighted by atomic mass is 10.0. The lowest BCUT2D eigenvalue weighted by Crippen LogP contribution is -2.41. The molecule has 2 heterocycles. The molecule has 1 amide bonds. The first-order valence-electron chi connectivity index (χ1n) is 9.38. The van der Waals surface area contributed by atoms with E-state index in [4.69, 9.17) is 14.2 Å². The van der Waals surface area contributed by atoms with Crippen molar-refractivity contribution in [3.05, 3.63) is 58.7 Å². The molecule has 0 saturated carbocycles. The molecule has 5 nitrogen and oxygen atoms in total. The first kappa shape index (κ1) is 18.0. The fourth-order valence-corrected chi connectivity index (χ4v) is 3.98. The van der Waals surface area contributed by atoms with Crippen LogP contribution in [-0.2, 0) is 26.6 Å². The Morgan fingerprint density at radius 1 is 1.15 bits per heavy atom. The second kappa shape index (κ2) is 6.66. The molecule has 5 heteroatoms.